The number of unbranched alkanes of at least 4 members (excludes halogenated alkanes) is 1. The molecule has 2 amide bonds. The molecule has 156 valence electrons. The van der Waals surface area contributed by atoms with E-state index in [1.54, 1.807) is 45.0 Å². The second kappa shape index (κ2) is 11.3. The standard InChI is InChI=1S/C20H31N3O5/c1-20(2,3)28-19(27)23-15(11-7-8-12-21)17(24)22-16(18(25)26)13-14-9-5-4-6-10-14/h4-6,9-10,15-16H,7-8,11-13,21H2,1-3H3,(H,22,24)(H,23,27)(H,25,26)/t15-,16-/m0/s1. The fraction of sp³-hybridized carbons (Fsp3) is 0.550. The molecule has 0 saturated heterocycles. The summed E-state index contributed by atoms with van der Waals surface area (Å²) in [6.07, 6.45) is 1.05. The minimum absolute atomic E-state index is 0.143. The van der Waals surface area contributed by atoms with Crippen LogP contribution in [-0.2, 0) is 20.7 Å². The maximum atomic E-state index is 12.7. The van der Waals surface area contributed by atoms with E-state index < -0.39 is 35.7 Å². The molecule has 0 fully saturated rings. The summed E-state index contributed by atoms with van der Waals surface area (Å²) in [6.45, 7) is 5.62. The Hall–Kier alpha value is -2.61. The number of nitrogens with two attached hydrogens (primary N) is 1. The van der Waals surface area contributed by atoms with Gasteiger partial charge in [0.1, 0.15) is 17.7 Å². The summed E-state index contributed by atoms with van der Waals surface area (Å²) in [4.78, 5) is 36.3. The fourth-order valence-electron chi connectivity index (χ4n) is 2.53. The van der Waals surface area contributed by atoms with Crippen LogP contribution in [0.4, 0.5) is 4.79 Å². The van der Waals surface area contributed by atoms with Crippen LogP contribution in [0, 0.1) is 0 Å². The van der Waals surface area contributed by atoms with Crippen molar-refractivity contribution in [1.82, 2.24) is 10.6 Å². The average molecular weight is 393 g/mol. The maximum Gasteiger partial charge on any atom is 0.408 e. The van der Waals surface area contributed by atoms with E-state index in [-0.39, 0.29) is 6.42 Å². The Labute approximate surface area is 165 Å². The number of alkyl carbamates (subject to hydrolysis) is 1. The van der Waals surface area contributed by atoms with Crippen molar-refractivity contribution in [2.75, 3.05) is 6.54 Å². The lowest BCUT2D eigenvalue weighted by atomic mass is 10.0. The average Bonchev–Trinajstić information content (AvgIpc) is 2.59. The smallest absolute Gasteiger partial charge is 0.408 e. The monoisotopic (exact) mass is 393 g/mol. The molecule has 8 heteroatoms. The van der Waals surface area contributed by atoms with Crippen molar-refractivity contribution in [1.29, 1.82) is 0 Å². The van der Waals surface area contributed by atoms with Crippen LogP contribution in [0.15, 0.2) is 30.3 Å². The summed E-state index contributed by atoms with van der Waals surface area (Å²) < 4.78 is 5.20. The Bertz CT molecular complexity index is 643. The van der Waals surface area contributed by atoms with Gasteiger partial charge in [-0.25, -0.2) is 9.59 Å². The van der Waals surface area contributed by atoms with E-state index in [1.807, 2.05) is 6.07 Å². The van der Waals surface area contributed by atoms with Crippen molar-refractivity contribution in [3.63, 3.8) is 0 Å². The van der Waals surface area contributed by atoms with Gasteiger partial charge in [-0.2, -0.15) is 0 Å². The van der Waals surface area contributed by atoms with Crippen molar-refractivity contribution in [3.8, 4) is 0 Å². The third-order valence-electron chi connectivity index (χ3n) is 3.85. The molecule has 0 unspecified atom stereocenters. The first kappa shape index (κ1) is 23.4. The van der Waals surface area contributed by atoms with E-state index >= 15 is 0 Å². The number of aliphatic carboxylic acids is 1. The largest absolute Gasteiger partial charge is 0.480 e. The molecule has 0 aliphatic heterocycles. The molecule has 0 aliphatic rings. The van der Waals surface area contributed by atoms with Gasteiger partial charge in [-0.1, -0.05) is 30.3 Å². The number of amides is 2. The van der Waals surface area contributed by atoms with Gasteiger partial charge in [0, 0.05) is 6.42 Å². The van der Waals surface area contributed by atoms with E-state index in [1.165, 1.54) is 0 Å². The van der Waals surface area contributed by atoms with E-state index in [0.29, 0.717) is 25.8 Å². The zero-order valence-electron chi connectivity index (χ0n) is 16.7. The topological polar surface area (TPSA) is 131 Å². The summed E-state index contributed by atoms with van der Waals surface area (Å²) >= 11 is 0. The number of carboxylic acid groups (broad SMARTS) is 1. The predicted octanol–water partition coefficient (Wildman–Crippen LogP) is 1.82. The number of carbonyl (C=O) groups excluding carboxylic acids is 2. The molecular formula is C20H31N3O5. The molecule has 1 rings (SSSR count). The van der Waals surface area contributed by atoms with Crippen molar-refractivity contribution in [2.45, 2.75) is 64.1 Å². The van der Waals surface area contributed by atoms with Gasteiger partial charge >= 0.3 is 12.1 Å². The third-order valence-corrected chi connectivity index (χ3v) is 3.85. The maximum absolute atomic E-state index is 12.7. The normalized spacial score (nSPS) is 13.3. The van der Waals surface area contributed by atoms with Gasteiger partial charge in [0.15, 0.2) is 0 Å². The Morgan fingerprint density at radius 3 is 2.25 bits per heavy atom. The number of hydrogen-bond donors (Lipinski definition) is 4. The zero-order chi connectivity index (χ0) is 21.2. The molecule has 0 bridgehead atoms. The van der Waals surface area contributed by atoms with Gasteiger partial charge in [0.25, 0.3) is 0 Å². The van der Waals surface area contributed by atoms with E-state index in [9.17, 15) is 19.5 Å². The molecule has 0 aliphatic carbocycles. The summed E-state index contributed by atoms with van der Waals surface area (Å²) in [5.74, 6) is -1.71. The number of carboxylic acids is 1. The first-order valence-electron chi connectivity index (χ1n) is 9.39. The lowest BCUT2D eigenvalue weighted by Crippen LogP contribution is -2.52. The Morgan fingerprint density at radius 1 is 1.07 bits per heavy atom. The number of benzene rings is 1. The Balaban J connectivity index is 2.80. The van der Waals surface area contributed by atoms with E-state index in [0.717, 1.165) is 5.56 Å². The summed E-state index contributed by atoms with van der Waals surface area (Å²) in [7, 11) is 0. The van der Waals surface area contributed by atoms with Crippen molar-refractivity contribution in [2.24, 2.45) is 5.73 Å². The van der Waals surface area contributed by atoms with Crippen LogP contribution < -0.4 is 16.4 Å². The quantitative estimate of drug-likeness (QED) is 0.449. The van der Waals surface area contributed by atoms with Crippen molar-refractivity contribution < 1.29 is 24.2 Å². The first-order chi connectivity index (χ1) is 13.1. The summed E-state index contributed by atoms with van der Waals surface area (Å²) in [5.41, 5.74) is 5.57. The van der Waals surface area contributed by atoms with Crippen LogP contribution in [-0.4, -0.2) is 47.3 Å². The van der Waals surface area contributed by atoms with Gasteiger partial charge < -0.3 is 26.2 Å². The lowest BCUT2D eigenvalue weighted by Gasteiger charge is -2.24. The number of ether oxygens (including phenoxy) is 1. The SMILES string of the molecule is CC(C)(C)OC(=O)N[C@@H](CCCCN)C(=O)N[C@@H](Cc1ccccc1)C(=O)O. The predicted molar refractivity (Wildman–Crippen MR) is 106 cm³/mol. The van der Waals surface area contributed by atoms with Crippen LogP contribution in [0.1, 0.15) is 45.6 Å². The molecule has 0 spiro atoms. The van der Waals surface area contributed by atoms with Crippen LogP contribution in [0.5, 0.6) is 0 Å². The second-order valence-corrected chi connectivity index (χ2v) is 7.57. The third kappa shape index (κ3) is 9.36. The van der Waals surface area contributed by atoms with Gasteiger partial charge in [-0.3, -0.25) is 4.79 Å². The number of nitrogens with one attached hydrogen (secondary N) is 2. The van der Waals surface area contributed by atoms with Crippen molar-refractivity contribution in [3.05, 3.63) is 35.9 Å². The molecule has 8 nitrogen and oxygen atoms in total. The molecule has 0 aromatic heterocycles. The second-order valence-electron chi connectivity index (χ2n) is 7.57. The Morgan fingerprint density at radius 2 is 1.71 bits per heavy atom. The van der Waals surface area contributed by atoms with Crippen LogP contribution in [0.2, 0.25) is 0 Å². The van der Waals surface area contributed by atoms with E-state index in [4.69, 9.17) is 10.5 Å². The number of hydrogen-bond acceptors (Lipinski definition) is 5. The summed E-state index contributed by atoms with van der Waals surface area (Å²) in [6, 6.07) is 7.01. The fourth-order valence-corrected chi connectivity index (χ4v) is 2.53. The zero-order valence-corrected chi connectivity index (χ0v) is 16.7. The minimum Gasteiger partial charge on any atom is -0.480 e. The summed E-state index contributed by atoms with van der Waals surface area (Å²) in [5, 5.41) is 14.5. The molecule has 1 aromatic rings. The molecular weight excluding hydrogens is 362 g/mol. The van der Waals surface area contributed by atoms with Crippen LogP contribution in [0.3, 0.4) is 0 Å². The highest BCUT2D eigenvalue weighted by atomic mass is 16.6. The lowest BCUT2D eigenvalue weighted by molar-refractivity contribution is -0.142. The highest BCUT2D eigenvalue weighted by Crippen LogP contribution is 2.09. The highest BCUT2D eigenvalue weighted by Gasteiger charge is 2.28. The minimum atomic E-state index is -1.14. The van der Waals surface area contributed by atoms with Gasteiger partial charge in [0.05, 0.1) is 0 Å². The highest BCUT2D eigenvalue weighted by molar-refractivity contribution is 5.89. The molecule has 0 heterocycles. The van der Waals surface area contributed by atoms with Gasteiger partial charge in [-0.15, -0.1) is 0 Å². The van der Waals surface area contributed by atoms with E-state index in [2.05, 4.69) is 10.6 Å². The number of carbonyl (C=O) groups is 3. The molecule has 1 aromatic carbocycles. The van der Waals surface area contributed by atoms with Crippen molar-refractivity contribution >= 4 is 18.0 Å². The molecule has 28 heavy (non-hydrogen) atoms. The van der Waals surface area contributed by atoms with Crippen LogP contribution >= 0.6 is 0 Å². The molecule has 0 saturated carbocycles. The number of rotatable bonds is 10. The first-order valence-corrected chi connectivity index (χ1v) is 9.39. The van der Waals surface area contributed by atoms with Gasteiger partial charge in [0.2, 0.25) is 5.91 Å². The Kier molecular flexibility index (Phi) is 9.44. The van der Waals surface area contributed by atoms with Crippen LogP contribution in [0.25, 0.3) is 0 Å². The molecule has 5 N–H and O–H groups in total. The van der Waals surface area contributed by atoms with Gasteiger partial charge in [-0.05, 0) is 52.1 Å². The molecule has 2 atom stereocenters. The molecule has 0 radical (unpaired) electrons.